The number of carbonyl (C=O) groups is 1. The van der Waals surface area contributed by atoms with Crippen LogP contribution in [0.5, 0.6) is 5.75 Å². The van der Waals surface area contributed by atoms with Gasteiger partial charge in [0, 0.05) is 25.9 Å². The first kappa shape index (κ1) is 12.8. The molecule has 1 aromatic heterocycles. The van der Waals surface area contributed by atoms with E-state index in [0.717, 1.165) is 19.4 Å². The SMILES string of the molecule is COc1cnccc1C(=O)N1CCC(CCO)C1. The highest BCUT2D eigenvalue weighted by Gasteiger charge is 2.27. The average molecular weight is 250 g/mol. The number of carbonyl (C=O) groups excluding carboxylic acids is 1. The summed E-state index contributed by atoms with van der Waals surface area (Å²) in [5.41, 5.74) is 0.553. The fourth-order valence-electron chi connectivity index (χ4n) is 2.32. The van der Waals surface area contributed by atoms with Gasteiger partial charge in [0.1, 0.15) is 5.75 Å². The first-order valence-corrected chi connectivity index (χ1v) is 6.14. The van der Waals surface area contributed by atoms with Crippen LogP contribution in [0.4, 0.5) is 0 Å². The molecule has 1 unspecified atom stereocenters. The summed E-state index contributed by atoms with van der Waals surface area (Å²) in [6, 6.07) is 1.68. The number of ether oxygens (including phenoxy) is 1. The van der Waals surface area contributed by atoms with Crippen molar-refractivity contribution in [2.24, 2.45) is 5.92 Å². The molecule has 1 fully saturated rings. The Morgan fingerprint density at radius 3 is 3.22 bits per heavy atom. The predicted molar refractivity (Wildman–Crippen MR) is 66.5 cm³/mol. The van der Waals surface area contributed by atoms with Gasteiger partial charge in [-0.3, -0.25) is 9.78 Å². The van der Waals surface area contributed by atoms with E-state index in [0.29, 0.717) is 23.8 Å². The summed E-state index contributed by atoms with van der Waals surface area (Å²) in [6.45, 7) is 1.64. The third-order valence-corrected chi connectivity index (χ3v) is 3.35. The molecule has 1 amide bonds. The van der Waals surface area contributed by atoms with Gasteiger partial charge in [-0.05, 0) is 24.8 Å². The van der Waals surface area contributed by atoms with Crippen LogP contribution in [0.1, 0.15) is 23.2 Å². The Balaban J connectivity index is 2.08. The Labute approximate surface area is 106 Å². The van der Waals surface area contributed by atoms with Crippen molar-refractivity contribution in [3.63, 3.8) is 0 Å². The molecule has 98 valence electrons. The molecule has 5 heteroatoms. The number of aliphatic hydroxyl groups is 1. The number of hydrogen-bond donors (Lipinski definition) is 1. The summed E-state index contributed by atoms with van der Waals surface area (Å²) in [4.78, 5) is 18.1. The van der Waals surface area contributed by atoms with Crippen LogP contribution >= 0.6 is 0 Å². The second-order valence-electron chi connectivity index (χ2n) is 4.49. The number of rotatable bonds is 4. The topological polar surface area (TPSA) is 62.7 Å². The van der Waals surface area contributed by atoms with Crippen molar-refractivity contribution in [3.8, 4) is 5.75 Å². The predicted octanol–water partition coefficient (Wildman–Crippen LogP) is 0.935. The van der Waals surface area contributed by atoms with Gasteiger partial charge in [0.05, 0.1) is 18.9 Å². The normalized spacial score (nSPS) is 19.0. The van der Waals surface area contributed by atoms with Crippen LogP contribution in [0, 0.1) is 5.92 Å². The molecule has 1 aromatic rings. The molecule has 18 heavy (non-hydrogen) atoms. The van der Waals surface area contributed by atoms with E-state index < -0.39 is 0 Å². The van der Waals surface area contributed by atoms with Crippen molar-refractivity contribution in [1.29, 1.82) is 0 Å². The van der Waals surface area contributed by atoms with Crippen LogP contribution in [0.3, 0.4) is 0 Å². The van der Waals surface area contributed by atoms with Crippen molar-refractivity contribution < 1.29 is 14.6 Å². The number of likely N-dealkylation sites (tertiary alicyclic amines) is 1. The van der Waals surface area contributed by atoms with E-state index in [1.165, 1.54) is 7.11 Å². The second-order valence-corrected chi connectivity index (χ2v) is 4.49. The lowest BCUT2D eigenvalue weighted by Gasteiger charge is -2.17. The van der Waals surface area contributed by atoms with Crippen molar-refractivity contribution >= 4 is 5.91 Å². The Hall–Kier alpha value is -1.62. The van der Waals surface area contributed by atoms with Gasteiger partial charge < -0.3 is 14.7 Å². The van der Waals surface area contributed by atoms with Crippen molar-refractivity contribution in [2.75, 3.05) is 26.8 Å². The fraction of sp³-hybridized carbons (Fsp3) is 0.538. The molecule has 1 aliphatic heterocycles. The minimum Gasteiger partial charge on any atom is -0.494 e. The molecule has 0 bridgehead atoms. The summed E-state index contributed by atoms with van der Waals surface area (Å²) < 4.78 is 5.15. The summed E-state index contributed by atoms with van der Waals surface area (Å²) in [5, 5.41) is 8.92. The molecule has 1 aliphatic rings. The zero-order valence-electron chi connectivity index (χ0n) is 10.5. The Kier molecular flexibility index (Phi) is 4.15. The third kappa shape index (κ3) is 2.61. The molecule has 0 aromatic carbocycles. The lowest BCUT2D eigenvalue weighted by molar-refractivity contribution is 0.0781. The highest BCUT2D eigenvalue weighted by Crippen LogP contribution is 2.24. The van der Waals surface area contributed by atoms with Gasteiger partial charge in [0.15, 0.2) is 0 Å². The molecule has 1 N–H and O–H groups in total. The zero-order chi connectivity index (χ0) is 13.0. The van der Waals surface area contributed by atoms with Gasteiger partial charge >= 0.3 is 0 Å². The van der Waals surface area contributed by atoms with Crippen LogP contribution in [-0.2, 0) is 0 Å². The molecule has 0 aliphatic carbocycles. The van der Waals surface area contributed by atoms with E-state index in [1.54, 1.807) is 18.5 Å². The fourth-order valence-corrected chi connectivity index (χ4v) is 2.32. The van der Waals surface area contributed by atoms with Crippen LogP contribution in [-0.4, -0.2) is 47.7 Å². The van der Waals surface area contributed by atoms with Crippen molar-refractivity contribution in [3.05, 3.63) is 24.0 Å². The van der Waals surface area contributed by atoms with Gasteiger partial charge in [-0.25, -0.2) is 0 Å². The van der Waals surface area contributed by atoms with Gasteiger partial charge in [0.2, 0.25) is 0 Å². The van der Waals surface area contributed by atoms with E-state index in [9.17, 15) is 4.79 Å². The summed E-state index contributed by atoms with van der Waals surface area (Å²) in [7, 11) is 1.53. The van der Waals surface area contributed by atoms with E-state index in [1.807, 2.05) is 4.90 Å². The maximum Gasteiger partial charge on any atom is 0.257 e. The monoisotopic (exact) mass is 250 g/mol. The number of amides is 1. The lowest BCUT2D eigenvalue weighted by atomic mass is 10.1. The summed E-state index contributed by atoms with van der Waals surface area (Å²) in [6.07, 6.45) is 4.86. The molecule has 0 saturated carbocycles. The maximum absolute atomic E-state index is 12.3. The van der Waals surface area contributed by atoms with E-state index in [-0.39, 0.29) is 12.5 Å². The van der Waals surface area contributed by atoms with E-state index in [2.05, 4.69) is 4.98 Å². The van der Waals surface area contributed by atoms with Gasteiger partial charge in [-0.1, -0.05) is 0 Å². The van der Waals surface area contributed by atoms with Crippen LogP contribution < -0.4 is 4.74 Å². The highest BCUT2D eigenvalue weighted by molar-refractivity contribution is 5.96. The van der Waals surface area contributed by atoms with Crippen LogP contribution in [0.15, 0.2) is 18.5 Å². The second kappa shape index (κ2) is 5.82. The quantitative estimate of drug-likeness (QED) is 0.863. The Morgan fingerprint density at radius 2 is 2.50 bits per heavy atom. The first-order chi connectivity index (χ1) is 8.76. The summed E-state index contributed by atoms with van der Waals surface area (Å²) >= 11 is 0. The molecule has 5 nitrogen and oxygen atoms in total. The highest BCUT2D eigenvalue weighted by atomic mass is 16.5. The molecule has 1 atom stereocenters. The largest absolute Gasteiger partial charge is 0.494 e. The first-order valence-electron chi connectivity index (χ1n) is 6.14. The lowest BCUT2D eigenvalue weighted by Crippen LogP contribution is -2.29. The van der Waals surface area contributed by atoms with Crippen molar-refractivity contribution in [2.45, 2.75) is 12.8 Å². The zero-order valence-corrected chi connectivity index (χ0v) is 10.5. The molecule has 0 spiro atoms. The van der Waals surface area contributed by atoms with Crippen LogP contribution in [0.25, 0.3) is 0 Å². The molecule has 2 rings (SSSR count). The van der Waals surface area contributed by atoms with E-state index >= 15 is 0 Å². The number of methoxy groups -OCH3 is 1. The number of aromatic nitrogens is 1. The minimum absolute atomic E-state index is 0.0188. The maximum atomic E-state index is 12.3. The minimum atomic E-state index is -0.0188. The van der Waals surface area contributed by atoms with Crippen molar-refractivity contribution in [1.82, 2.24) is 9.88 Å². The Morgan fingerprint density at radius 1 is 1.67 bits per heavy atom. The molecular weight excluding hydrogens is 232 g/mol. The number of nitrogens with zero attached hydrogens (tertiary/aromatic N) is 2. The number of hydrogen-bond acceptors (Lipinski definition) is 4. The summed E-state index contributed by atoms with van der Waals surface area (Å²) in [5.74, 6) is 0.898. The molecule has 0 radical (unpaired) electrons. The van der Waals surface area contributed by atoms with Gasteiger partial charge in [0.25, 0.3) is 5.91 Å². The van der Waals surface area contributed by atoms with Gasteiger partial charge in [-0.2, -0.15) is 0 Å². The van der Waals surface area contributed by atoms with E-state index in [4.69, 9.17) is 9.84 Å². The Bertz CT molecular complexity index is 422. The molecule has 2 heterocycles. The molecule has 1 saturated heterocycles. The van der Waals surface area contributed by atoms with Gasteiger partial charge in [-0.15, -0.1) is 0 Å². The number of pyridine rings is 1. The standard InChI is InChI=1S/C13H18N2O3/c1-18-12-8-14-5-2-11(12)13(17)15-6-3-10(9-15)4-7-16/h2,5,8,10,16H,3-4,6-7,9H2,1H3. The molecular formula is C13H18N2O3. The van der Waals surface area contributed by atoms with Crippen LogP contribution in [0.2, 0.25) is 0 Å². The average Bonchev–Trinajstić information content (AvgIpc) is 2.87. The third-order valence-electron chi connectivity index (χ3n) is 3.35. The number of aliphatic hydroxyl groups excluding tert-OH is 1. The smallest absolute Gasteiger partial charge is 0.257 e.